The number of nitrogens with zero attached hydrogens (tertiary/aromatic N) is 2. The molecule has 1 aliphatic carbocycles. The van der Waals surface area contributed by atoms with Gasteiger partial charge in [-0.05, 0) is 18.8 Å². The first-order chi connectivity index (χ1) is 9.06. The molecule has 1 N–H and O–H groups in total. The molecule has 1 aromatic rings. The van der Waals surface area contributed by atoms with Crippen molar-refractivity contribution < 1.29 is 4.74 Å². The lowest BCUT2D eigenvalue weighted by Crippen LogP contribution is -2.23. The van der Waals surface area contributed by atoms with Gasteiger partial charge in [-0.2, -0.15) is 0 Å². The van der Waals surface area contributed by atoms with E-state index in [1.54, 1.807) is 0 Å². The molecule has 2 rings (SSSR count). The summed E-state index contributed by atoms with van der Waals surface area (Å²) in [4.78, 5) is 9.04. The zero-order chi connectivity index (χ0) is 13.8. The molecule has 0 aliphatic heterocycles. The van der Waals surface area contributed by atoms with Crippen molar-refractivity contribution in [3.63, 3.8) is 0 Å². The fourth-order valence-electron chi connectivity index (χ4n) is 1.74. The summed E-state index contributed by atoms with van der Waals surface area (Å²) in [5.74, 6) is 2.81. The third kappa shape index (κ3) is 4.46. The summed E-state index contributed by atoms with van der Waals surface area (Å²) in [5, 5.41) is 3.40. The van der Waals surface area contributed by atoms with Crippen molar-refractivity contribution >= 4 is 0 Å². The van der Waals surface area contributed by atoms with Crippen LogP contribution >= 0.6 is 0 Å². The van der Waals surface area contributed by atoms with E-state index in [0.29, 0.717) is 12.0 Å². The van der Waals surface area contributed by atoms with Gasteiger partial charge >= 0.3 is 0 Å². The summed E-state index contributed by atoms with van der Waals surface area (Å²) >= 11 is 0. The first-order valence-electron chi connectivity index (χ1n) is 7.28. The molecule has 0 aromatic carbocycles. The second kappa shape index (κ2) is 6.33. The highest BCUT2D eigenvalue weighted by Gasteiger charge is 2.22. The van der Waals surface area contributed by atoms with E-state index in [1.165, 1.54) is 12.8 Å². The number of rotatable bonds is 7. The monoisotopic (exact) mass is 263 g/mol. The van der Waals surface area contributed by atoms with Gasteiger partial charge in [0.1, 0.15) is 5.82 Å². The van der Waals surface area contributed by atoms with Crippen LogP contribution in [0.1, 0.15) is 58.0 Å². The average molecular weight is 263 g/mol. The molecule has 0 atom stereocenters. The Kier molecular flexibility index (Phi) is 4.75. The molecule has 1 saturated carbocycles. The Hall–Kier alpha value is -1.16. The summed E-state index contributed by atoms with van der Waals surface area (Å²) in [6.07, 6.45) is 4.43. The molecule has 1 fully saturated rings. The second-order valence-corrected chi connectivity index (χ2v) is 5.98. The number of hydrogen-bond acceptors (Lipinski definition) is 4. The van der Waals surface area contributed by atoms with Gasteiger partial charge in [0.2, 0.25) is 0 Å². The molecule has 1 aromatic heterocycles. The number of aromatic nitrogens is 2. The van der Waals surface area contributed by atoms with Gasteiger partial charge in [-0.15, -0.1) is 0 Å². The maximum atomic E-state index is 5.86. The Morgan fingerprint density at radius 1 is 1.32 bits per heavy atom. The SMILES string of the molecule is CC(C)NCc1nc(C(C)C)ncc1OCC1CC1. The second-order valence-electron chi connectivity index (χ2n) is 5.98. The van der Waals surface area contributed by atoms with Crippen molar-refractivity contribution in [3.8, 4) is 5.75 Å². The van der Waals surface area contributed by atoms with Crippen molar-refractivity contribution in [2.45, 2.75) is 59.0 Å². The quantitative estimate of drug-likeness (QED) is 0.821. The Morgan fingerprint density at radius 3 is 2.63 bits per heavy atom. The van der Waals surface area contributed by atoms with E-state index in [-0.39, 0.29) is 0 Å². The number of ether oxygens (including phenoxy) is 1. The van der Waals surface area contributed by atoms with Crippen molar-refractivity contribution in [1.29, 1.82) is 0 Å². The summed E-state index contributed by atoms with van der Waals surface area (Å²) in [6, 6.07) is 0.439. The van der Waals surface area contributed by atoms with E-state index in [9.17, 15) is 0 Å². The van der Waals surface area contributed by atoms with Crippen molar-refractivity contribution in [2.24, 2.45) is 5.92 Å². The van der Waals surface area contributed by atoms with Crippen LogP contribution in [0.25, 0.3) is 0 Å². The fraction of sp³-hybridized carbons (Fsp3) is 0.733. The molecule has 4 nitrogen and oxygen atoms in total. The summed E-state index contributed by atoms with van der Waals surface area (Å²) in [5.41, 5.74) is 0.980. The molecule has 0 unspecified atom stereocenters. The Labute approximate surface area is 116 Å². The third-order valence-electron chi connectivity index (χ3n) is 3.21. The predicted octanol–water partition coefficient (Wildman–Crippen LogP) is 2.89. The topological polar surface area (TPSA) is 47.0 Å². The normalized spacial score (nSPS) is 15.3. The molecule has 0 bridgehead atoms. The highest BCUT2D eigenvalue weighted by molar-refractivity contribution is 5.25. The van der Waals surface area contributed by atoms with Gasteiger partial charge in [0, 0.05) is 18.5 Å². The maximum absolute atomic E-state index is 5.86. The van der Waals surface area contributed by atoms with Crippen LogP contribution in [0.15, 0.2) is 6.20 Å². The van der Waals surface area contributed by atoms with Crippen LogP contribution in [0.5, 0.6) is 5.75 Å². The van der Waals surface area contributed by atoms with Gasteiger partial charge in [-0.3, -0.25) is 0 Å². The van der Waals surface area contributed by atoms with Crippen LogP contribution in [0.3, 0.4) is 0 Å². The van der Waals surface area contributed by atoms with Crippen molar-refractivity contribution in [1.82, 2.24) is 15.3 Å². The molecule has 106 valence electrons. The Morgan fingerprint density at radius 2 is 2.05 bits per heavy atom. The van der Waals surface area contributed by atoms with Crippen LogP contribution in [-0.2, 0) is 6.54 Å². The zero-order valence-electron chi connectivity index (χ0n) is 12.4. The van der Waals surface area contributed by atoms with E-state index in [0.717, 1.165) is 36.3 Å². The van der Waals surface area contributed by atoms with E-state index in [4.69, 9.17) is 4.74 Å². The van der Waals surface area contributed by atoms with Crippen molar-refractivity contribution in [3.05, 3.63) is 17.7 Å². The Bertz CT molecular complexity index is 414. The van der Waals surface area contributed by atoms with E-state index < -0.39 is 0 Å². The largest absolute Gasteiger partial charge is 0.490 e. The lowest BCUT2D eigenvalue weighted by molar-refractivity contribution is 0.292. The van der Waals surface area contributed by atoms with Gasteiger partial charge < -0.3 is 10.1 Å². The lowest BCUT2D eigenvalue weighted by atomic mass is 10.2. The third-order valence-corrected chi connectivity index (χ3v) is 3.21. The number of hydrogen-bond donors (Lipinski definition) is 1. The lowest BCUT2D eigenvalue weighted by Gasteiger charge is -2.14. The van der Waals surface area contributed by atoms with Crippen LogP contribution in [0, 0.1) is 5.92 Å². The van der Waals surface area contributed by atoms with Gasteiger partial charge in [0.25, 0.3) is 0 Å². The van der Waals surface area contributed by atoms with Crippen molar-refractivity contribution in [2.75, 3.05) is 6.61 Å². The number of nitrogens with one attached hydrogen (secondary N) is 1. The Balaban J connectivity index is 2.08. The molecule has 4 heteroatoms. The van der Waals surface area contributed by atoms with Gasteiger partial charge in [-0.25, -0.2) is 9.97 Å². The maximum Gasteiger partial charge on any atom is 0.160 e. The minimum Gasteiger partial charge on any atom is -0.490 e. The van der Waals surface area contributed by atoms with Gasteiger partial charge in [0.05, 0.1) is 18.5 Å². The van der Waals surface area contributed by atoms with E-state index in [1.807, 2.05) is 6.20 Å². The van der Waals surface area contributed by atoms with Crippen LogP contribution in [-0.4, -0.2) is 22.6 Å². The molecule has 0 saturated heterocycles. The van der Waals surface area contributed by atoms with Crippen LogP contribution in [0.4, 0.5) is 0 Å². The van der Waals surface area contributed by atoms with E-state index in [2.05, 4.69) is 43.0 Å². The first kappa shape index (κ1) is 14.3. The minimum absolute atomic E-state index is 0.343. The average Bonchev–Trinajstić information content (AvgIpc) is 3.18. The zero-order valence-corrected chi connectivity index (χ0v) is 12.4. The van der Waals surface area contributed by atoms with Gasteiger partial charge in [0.15, 0.2) is 5.75 Å². The van der Waals surface area contributed by atoms with Gasteiger partial charge in [-0.1, -0.05) is 27.7 Å². The minimum atomic E-state index is 0.343. The van der Waals surface area contributed by atoms with E-state index >= 15 is 0 Å². The smallest absolute Gasteiger partial charge is 0.160 e. The molecule has 0 spiro atoms. The molecule has 0 radical (unpaired) electrons. The van der Waals surface area contributed by atoms with Crippen LogP contribution in [0.2, 0.25) is 0 Å². The summed E-state index contributed by atoms with van der Waals surface area (Å²) in [6.45, 7) is 10.0. The molecular formula is C15H25N3O. The summed E-state index contributed by atoms with van der Waals surface area (Å²) < 4.78 is 5.86. The molecule has 1 heterocycles. The van der Waals surface area contributed by atoms with Crippen LogP contribution < -0.4 is 10.1 Å². The standard InChI is InChI=1S/C15H25N3O/c1-10(2)15-17-8-14(19-9-12-5-6-12)13(18-15)7-16-11(3)4/h8,10-12,16H,5-7,9H2,1-4H3. The molecular weight excluding hydrogens is 238 g/mol. The predicted molar refractivity (Wildman–Crippen MR) is 76.3 cm³/mol. The highest BCUT2D eigenvalue weighted by Crippen LogP contribution is 2.30. The summed E-state index contributed by atoms with van der Waals surface area (Å²) in [7, 11) is 0. The molecule has 19 heavy (non-hydrogen) atoms. The molecule has 1 aliphatic rings. The molecule has 0 amide bonds. The fourth-order valence-corrected chi connectivity index (χ4v) is 1.74. The highest BCUT2D eigenvalue weighted by atomic mass is 16.5. The first-order valence-corrected chi connectivity index (χ1v) is 7.28.